The molecule has 0 radical (unpaired) electrons. The Hall–Kier alpha value is -1.95. The van der Waals surface area contributed by atoms with E-state index in [1.807, 2.05) is 18.0 Å². The zero-order valence-corrected chi connectivity index (χ0v) is 11.2. The summed E-state index contributed by atoms with van der Waals surface area (Å²) in [6.07, 6.45) is 0. The highest BCUT2D eigenvalue weighted by molar-refractivity contribution is 5.34. The second kappa shape index (κ2) is 5.79. The number of halogens is 1. The van der Waals surface area contributed by atoms with Gasteiger partial charge in [-0.1, -0.05) is 12.1 Å². The molecule has 0 bridgehead atoms. The van der Waals surface area contributed by atoms with E-state index >= 15 is 0 Å². The van der Waals surface area contributed by atoms with E-state index < -0.39 is 0 Å². The van der Waals surface area contributed by atoms with Crippen molar-refractivity contribution in [1.29, 1.82) is 0 Å². The molecular formula is C13H16FN3O2. The van der Waals surface area contributed by atoms with Crippen LogP contribution in [0.2, 0.25) is 0 Å². The lowest BCUT2D eigenvalue weighted by molar-refractivity contribution is 0.272. The Kier molecular flexibility index (Phi) is 4.11. The molecule has 0 amide bonds. The summed E-state index contributed by atoms with van der Waals surface area (Å²) in [5, 5.41) is 7.69. The van der Waals surface area contributed by atoms with Crippen LogP contribution < -0.4 is 4.74 Å². The van der Waals surface area contributed by atoms with E-state index in [9.17, 15) is 4.39 Å². The smallest absolute Gasteiger partial charge is 0.230 e. The standard InChI is InChI=1S/C13H16FN3O2/c1-9-15-16-12(19-9)8-17(2)7-10-5-4-6-11(14)13(10)18-3/h4-6H,7-8H2,1-3H3. The van der Waals surface area contributed by atoms with Crippen LogP contribution >= 0.6 is 0 Å². The lowest BCUT2D eigenvalue weighted by Crippen LogP contribution is -2.18. The Balaban J connectivity index is 2.06. The fraction of sp³-hybridized carbons (Fsp3) is 0.385. The minimum absolute atomic E-state index is 0.274. The monoisotopic (exact) mass is 265 g/mol. The number of rotatable bonds is 5. The maximum atomic E-state index is 13.5. The predicted molar refractivity (Wildman–Crippen MR) is 67.2 cm³/mol. The first kappa shape index (κ1) is 13.5. The fourth-order valence-electron chi connectivity index (χ4n) is 1.89. The summed E-state index contributed by atoms with van der Waals surface area (Å²) in [4.78, 5) is 1.95. The van der Waals surface area contributed by atoms with Gasteiger partial charge < -0.3 is 9.15 Å². The summed E-state index contributed by atoms with van der Waals surface area (Å²) in [5.74, 6) is 0.986. The highest BCUT2D eigenvalue weighted by Gasteiger charge is 2.12. The van der Waals surface area contributed by atoms with Crippen LogP contribution in [0.1, 0.15) is 17.3 Å². The number of aryl methyl sites for hydroxylation is 1. The van der Waals surface area contributed by atoms with Gasteiger partial charge in [-0.3, -0.25) is 4.90 Å². The van der Waals surface area contributed by atoms with Crippen molar-refractivity contribution in [2.24, 2.45) is 0 Å². The van der Waals surface area contributed by atoms with Crippen LogP contribution in [0.25, 0.3) is 0 Å². The first-order valence-electron chi connectivity index (χ1n) is 5.89. The lowest BCUT2D eigenvalue weighted by Gasteiger charge is -2.16. The molecule has 0 saturated carbocycles. The molecule has 2 rings (SSSR count). The molecule has 0 saturated heterocycles. The van der Waals surface area contributed by atoms with E-state index in [-0.39, 0.29) is 11.6 Å². The van der Waals surface area contributed by atoms with Gasteiger partial charge in [-0.2, -0.15) is 0 Å². The molecule has 0 fully saturated rings. The number of nitrogens with zero attached hydrogens (tertiary/aromatic N) is 3. The Bertz CT molecular complexity index is 557. The zero-order chi connectivity index (χ0) is 13.8. The van der Waals surface area contributed by atoms with Crippen LogP contribution in [-0.4, -0.2) is 29.3 Å². The van der Waals surface area contributed by atoms with Crippen LogP contribution in [0.3, 0.4) is 0 Å². The number of methoxy groups -OCH3 is 1. The lowest BCUT2D eigenvalue weighted by atomic mass is 10.2. The number of hydrogen-bond acceptors (Lipinski definition) is 5. The SMILES string of the molecule is COc1c(F)cccc1CN(C)Cc1nnc(C)o1. The number of para-hydroxylation sites is 1. The highest BCUT2D eigenvalue weighted by atomic mass is 19.1. The van der Waals surface area contributed by atoms with Crippen LogP contribution in [0.15, 0.2) is 22.6 Å². The molecular weight excluding hydrogens is 249 g/mol. The molecule has 1 aromatic carbocycles. The molecule has 0 N–H and O–H groups in total. The van der Waals surface area contributed by atoms with Crippen molar-refractivity contribution in [3.8, 4) is 5.75 Å². The molecule has 0 spiro atoms. The molecule has 5 nitrogen and oxygen atoms in total. The van der Waals surface area contributed by atoms with Gasteiger partial charge in [-0.05, 0) is 13.1 Å². The second-order valence-corrected chi connectivity index (χ2v) is 4.32. The molecule has 1 aromatic heterocycles. The van der Waals surface area contributed by atoms with Crippen molar-refractivity contribution in [1.82, 2.24) is 15.1 Å². The van der Waals surface area contributed by atoms with E-state index in [1.54, 1.807) is 13.0 Å². The van der Waals surface area contributed by atoms with Gasteiger partial charge in [-0.25, -0.2) is 4.39 Å². The quantitative estimate of drug-likeness (QED) is 0.829. The van der Waals surface area contributed by atoms with Crippen molar-refractivity contribution in [2.45, 2.75) is 20.0 Å². The average Bonchev–Trinajstić information content (AvgIpc) is 2.75. The van der Waals surface area contributed by atoms with E-state index in [0.717, 1.165) is 5.56 Å². The molecule has 0 aliphatic carbocycles. The van der Waals surface area contributed by atoms with Gasteiger partial charge in [0.05, 0.1) is 13.7 Å². The summed E-state index contributed by atoms with van der Waals surface area (Å²) in [5.41, 5.74) is 0.779. The van der Waals surface area contributed by atoms with Gasteiger partial charge in [0.2, 0.25) is 11.8 Å². The highest BCUT2D eigenvalue weighted by Crippen LogP contribution is 2.23. The van der Waals surface area contributed by atoms with Gasteiger partial charge in [0.1, 0.15) is 0 Å². The van der Waals surface area contributed by atoms with Crippen molar-refractivity contribution in [3.63, 3.8) is 0 Å². The Labute approximate surface area is 111 Å². The average molecular weight is 265 g/mol. The maximum absolute atomic E-state index is 13.5. The van der Waals surface area contributed by atoms with Gasteiger partial charge in [0.15, 0.2) is 11.6 Å². The van der Waals surface area contributed by atoms with Gasteiger partial charge in [-0.15, -0.1) is 10.2 Å². The molecule has 6 heteroatoms. The Morgan fingerprint density at radius 2 is 2.11 bits per heavy atom. The van der Waals surface area contributed by atoms with Crippen molar-refractivity contribution < 1.29 is 13.5 Å². The van der Waals surface area contributed by atoms with Gasteiger partial charge in [0.25, 0.3) is 0 Å². The number of ether oxygens (including phenoxy) is 1. The summed E-state index contributed by atoms with van der Waals surface area (Å²) in [6.45, 7) is 2.77. The van der Waals surface area contributed by atoms with Crippen LogP contribution in [0.4, 0.5) is 4.39 Å². The third-order valence-electron chi connectivity index (χ3n) is 2.67. The molecule has 0 aliphatic heterocycles. The van der Waals surface area contributed by atoms with E-state index in [2.05, 4.69) is 10.2 Å². The topological polar surface area (TPSA) is 51.4 Å². The Morgan fingerprint density at radius 3 is 2.74 bits per heavy atom. The van der Waals surface area contributed by atoms with Gasteiger partial charge in [0, 0.05) is 19.0 Å². The number of hydrogen-bond donors (Lipinski definition) is 0. The Morgan fingerprint density at radius 1 is 1.32 bits per heavy atom. The summed E-state index contributed by atoms with van der Waals surface area (Å²) in [6, 6.07) is 4.87. The largest absolute Gasteiger partial charge is 0.493 e. The first-order chi connectivity index (χ1) is 9.10. The molecule has 102 valence electrons. The van der Waals surface area contributed by atoms with Crippen molar-refractivity contribution in [2.75, 3.05) is 14.2 Å². The molecule has 1 heterocycles. The molecule has 0 unspecified atom stereocenters. The van der Waals surface area contributed by atoms with E-state index in [1.165, 1.54) is 13.2 Å². The predicted octanol–water partition coefficient (Wildman–Crippen LogP) is 2.16. The van der Waals surface area contributed by atoms with E-state index in [0.29, 0.717) is 24.9 Å². The maximum Gasteiger partial charge on any atom is 0.230 e. The molecule has 0 atom stereocenters. The third kappa shape index (κ3) is 3.29. The first-order valence-corrected chi connectivity index (χ1v) is 5.89. The minimum Gasteiger partial charge on any atom is -0.493 e. The minimum atomic E-state index is -0.359. The molecule has 2 aromatic rings. The van der Waals surface area contributed by atoms with E-state index in [4.69, 9.17) is 9.15 Å². The summed E-state index contributed by atoms with van der Waals surface area (Å²) < 4.78 is 23.9. The van der Waals surface area contributed by atoms with Crippen LogP contribution in [0.5, 0.6) is 5.75 Å². The van der Waals surface area contributed by atoms with Crippen LogP contribution in [0, 0.1) is 12.7 Å². The summed E-state index contributed by atoms with van der Waals surface area (Å²) >= 11 is 0. The third-order valence-corrected chi connectivity index (χ3v) is 2.67. The van der Waals surface area contributed by atoms with Crippen molar-refractivity contribution in [3.05, 3.63) is 41.4 Å². The number of aromatic nitrogens is 2. The van der Waals surface area contributed by atoms with Crippen LogP contribution in [-0.2, 0) is 13.1 Å². The normalized spacial score (nSPS) is 11.0. The summed E-state index contributed by atoms with van der Waals surface area (Å²) in [7, 11) is 3.35. The zero-order valence-electron chi connectivity index (χ0n) is 11.2. The number of benzene rings is 1. The molecule has 0 aliphatic rings. The second-order valence-electron chi connectivity index (χ2n) is 4.32. The van der Waals surface area contributed by atoms with Crippen molar-refractivity contribution >= 4 is 0 Å². The fourth-order valence-corrected chi connectivity index (χ4v) is 1.89. The molecule has 19 heavy (non-hydrogen) atoms. The van der Waals surface area contributed by atoms with Gasteiger partial charge >= 0.3 is 0 Å².